The minimum absolute atomic E-state index is 0.0740. The molecule has 34 heavy (non-hydrogen) atoms. The number of benzene rings is 2. The third kappa shape index (κ3) is 4.89. The van der Waals surface area contributed by atoms with E-state index in [-0.39, 0.29) is 22.8 Å². The van der Waals surface area contributed by atoms with Gasteiger partial charge in [0.2, 0.25) is 11.5 Å². The van der Waals surface area contributed by atoms with Gasteiger partial charge in [-0.15, -0.1) is 0 Å². The number of rotatable bonds is 9. The summed E-state index contributed by atoms with van der Waals surface area (Å²) in [6.45, 7) is 4.69. The Bertz CT molecular complexity index is 1390. The van der Waals surface area contributed by atoms with E-state index in [0.29, 0.717) is 45.9 Å². The van der Waals surface area contributed by atoms with Crippen molar-refractivity contribution in [2.75, 3.05) is 25.3 Å². The first-order valence-electron chi connectivity index (χ1n) is 11.0. The third-order valence-corrected chi connectivity index (χ3v) is 6.37. The van der Waals surface area contributed by atoms with Gasteiger partial charge in [-0.1, -0.05) is 37.7 Å². The zero-order valence-corrected chi connectivity index (χ0v) is 20.4. The molecule has 0 aliphatic carbocycles. The molecule has 1 amide bonds. The van der Waals surface area contributed by atoms with E-state index in [2.05, 4.69) is 19.2 Å². The number of carbonyl (C=O) groups is 1. The summed E-state index contributed by atoms with van der Waals surface area (Å²) in [6.07, 6.45) is 0.802. The molecule has 2 aromatic heterocycles. The van der Waals surface area contributed by atoms with Crippen molar-refractivity contribution >= 4 is 45.4 Å². The van der Waals surface area contributed by atoms with Crippen LogP contribution in [0.5, 0.6) is 11.5 Å². The Kier molecular flexibility index (Phi) is 7.12. The van der Waals surface area contributed by atoms with Crippen LogP contribution >= 0.6 is 11.8 Å². The average Bonchev–Trinajstić information content (AvgIpc) is 3.21. The second-order valence-corrected chi connectivity index (χ2v) is 9.16. The first-order chi connectivity index (χ1) is 16.4. The van der Waals surface area contributed by atoms with E-state index in [4.69, 9.17) is 18.9 Å². The second-order valence-electron chi connectivity index (χ2n) is 8.21. The lowest BCUT2D eigenvalue weighted by Crippen LogP contribution is -2.24. The number of fused-ring (bicyclic) bond motifs is 3. The Morgan fingerprint density at radius 3 is 2.71 bits per heavy atom. The number of nitrogens with one attached hydrogen (secondary N) is 1. The van der Waals surface area contributed by atoms with Crippen LogP contribution in [0.2, 0.25) is 0 Å². The van der Waals surface area contributed by atoms with Gasteiger partial charge < -0.3 is 19.2 Å². The van der Waals surface area contributed by atoms with E-state index in [9.17, 15) is 9.59 Å². The van der Waals surface area contributed by atoms with Crippen molar-refractivity contribution in [2.24, 2.45) is 5.92 Å². The summed E-state index contributed by atoms with van der Waals surface area (Å²) < 4.78 is 18.0. The third-order valence-electron chi connectivity index (χ3n) is 5.39. The van der Waals surface area contributed by atoms with Gasteiger partial charge in [0.15, 0.2) is 5.16 Å². The van der Waals surface area contributed by atoms with Crippen LogP contribution in [0.3, 0.4) is 0 Å². The lowest BCUT2D eigenvalue weighted by atomic mass is 10.1. The molecule has 0 saturated carbocycles. The Balaban J connectivity index is 1.62. The maximum absolute atomic E-state index is 13.3. The quantitative estimate of drug-likeness (QED) is 0.267. The standard InChI is InChI=1S/C25H27N3O5S/c1-15(2)11-12-28-24(30)23-22(17-7-5-6-8-19(17)33-23)27-25(28)34-14-21(29)26-18-10-9-16(31-3)13-20(18)32-4/h5-10,13,15H,11-12,14H2,1-4H3,(H,26,29). The number of ether oxygens (including phenoxy) is 2. The van der Waals surface area contributed by atoms with Crippen LogP contribution < -0.4 is 20.3 Å². The predicted molar refractivity (Wildman–Crippen MR) is 134 cm³/mol. The fraction of sp³-hybridized carbons (Fsp3) is 0.320. The van der Waals surface area contributed by atoms with Crippen molar-refractivity contribution in [3.63, 3.8) is 0 Å². The first kappa shape index (κ1) is 23.7. The predicted octanol–water partition coefficient (Wildman–Crippen LogP) is 4.94. The molecule has 2 aromatic carbocycles. The molecule has 0 atom stereocenters. The molecule has 1 N–H and O–H groups in total. The van der Waals surface area contributed by atoms with Gasteiger partial charge in [0, 0.05) is 18.0 Å². The summed E-state index contributed by atoms with van der Waals surface area (Å²) in [5.74, 6) is 1.36. The number of furan rings is 1. The van der Waals surface area contributed by atoms with Crippen molar-refractivity contribution in [1.29, 1.82) is 0 Å². The minimum Gasteiger partial charge on any atom is -0.497 e. The number of carbonyl (C=O) groups excluding carboxylic acids is 1. The molecule has 0 aliphatic heterocycles. The Morgan fingerprint density at radius 2 is 1.97 bits per heavy atom. The molecule has 0 unspecified atom stereocenters. The summed E-state index contributed by atoms with van der Waals surface area (Å²) in [5, 5.41) is 4.12. The van der Waals surface area contributed by atoms with Gasteiger partial charge in [-0.05, 0) is 36.6 Å². The number of para-hydroxylation sites is 1. The lowest BCUT2D eigenvalue weighted by molar-refractivity contribution is -0.113. The summed E-state index contributed by atoms with van der Waals surface area (Å²) in [6, 6.07) is 12.6. The minimum atomic E-state index is -0.240. The van der Waals surface area contributed by atoms with Crippen LogP contribution in [0.25, 0.3) is 22.1 Å². The van der Waals surface area contributed by atoms with Crippen LogP contribution in [-0.2, 0) is 11.3 Å². The zero-order chi connectivity index (χ0) is 24.2. The van der Waals surface area contributed by atoms with Crippen LogP contribution in [0.15, 0.2) is 56.8 Å². The van der Waals surface area contributed by atoms with E-state index < -0.39 is 0 Å². The first-order valence-corrected chi connectivity index (χ1v) is 12.0. The molecule has 0 bridgehead atoms. The Labute approximate surface area is 201 Å². The zero-order valence-electron chi connectivity index (χ0n) is 19.6. The van der Waals surface area contributed by atoms with Gasteiger partial charge in [0.1, 0.15) is 22.6 Å². The number of nitrogens with zero attached hydrogens (tertiary/aromatic N) is 2. The maximum Gasteiger partial charge on any atom is 0.297 e. The molecule has 178 valence electrons. The van der Waals surface area contributed by atoms with Gasteiger partial charge in [-0.2, -0.15) is 0 Å². The number of methoxy groups -OCH3 is 2. The highest BCUT2D eigenvalue weighted by Crippen LogP contribution is 2.30. The average molecular weight is 482 g/mol. The van der Waals surface area contributed by atoms with Crippen LogP contribution in [0.1, 0.15) is 20.3 Å². The fourth-order valence-electron chi connectivity index (χ4n) is 3.57. The van der Waals surface area contributed by atoms with Crippen LogP contribution in [0.4, 0.5) is 5.69 Å². The number of hydrogen-bond donors (Lipinski definition) is 1. The summed E-state index contributed by atoms with van der Waals surface area (Å²) >= 11 is 1.22. The molecule has 9 heteroatoms. The van der Waals surface area contributed by atoms with Crippen LogP contribution in [0, 0.1) is 5.92 Å². The van der Waals surface area contributed by atoms with Gasteiger partial charge >= 0.3 is 0 Å². The second kappa shape index (κ2) is 10.2. The number of thioether (sulfide) groups is 1. The fourth-order valence-corrected chi connectivity index (χ4v) is 4.38. The van der Waals surface area contributed by atoms with Gasteiger partial charge in [0.05, 0.1) is 25.7 Å². The van der Waals surface area contributed by atoms with Crippen molar-refractivity contribution in [1.82, 2.24) is 9.55 Å². The van der Waals surface area contributed by atoms with Crippen LogP contribution in [-0.4, -0.2) is 35.4 Å². The van der Waals surface area contributed by atoms with Crippen molar-refractivity contribution in [2.45, 2.75) is 32.0 Å². The SMILES string of the molecule is COc1ccc(NC(=O)CSc2nc3c(oc4ccccc43)c(=O)n2CCC(C)C)c(OC)c1. The van der Waals surface area contributed by atoms with E-state index in [0.717, 1.165) is 11.8 Å². The molecule has 0 spiro atoms. The topological polar surface area (TPSA) is 95.6 Å². The van der Waals surface area contributed by atoms with Gasteiger partial charge in [0.25, 0.3) is 5.56 Å². The molecule has 0 fully saturated rings. The Hall–Kier alpha value is -3.46. The number of aromatic nitrogens is 2. The normalized spacial score (nSPS) is 11.3. The number of anilines is 1. The summed E-state index contributed by atoms with van der Waals surface area (Å²) in [5.41, 5.74) is 1.67. The van der Waals surface area contributed by atoms with E-state index in [1.54, 1.807) is 29.9 Å². The van der Waals surface area contributed by atoms with E-state index >= 15 is 0 Å². The van der Waals surface area contributed by atoms with Crippen molar-refractivity contribution in [3.8, 4) is 11.5 Å². The molecule has 0 saturated heterocycles. The van der Waals surface area contributed by atoms with Crippen molar-refractivity contribution in [3.05, 3.63) is 52.8 Å². The molecule has 0 aliphatic rings. The molecule has 2 heterocycles. The smallest absolute Gasteiger partial charge is 0.297 e. The van der Waals surface area contributed by atoms with Crippen molar-refractivity contribution < 1.29 is 18.7 Å². The highest BCUT2D eigenvalue weighted by atomic mass is 32.2. The molecular weight excluding hydrogens is 454 g/mol. The largest absolute Gasteiger partial charge is 0.497 e. The molecule has 0 radical (unpaired) electrons. The highest BCUT2D eigenvalue weighted by molar-refractivity contribution is 7.99. The van der Waals surface area contributed by atoms with Gasteiger partial charge in [-0.3, -0.25) is 14.2 Å². The molecular formula is C25H27N3O5S. The lowest BCUT2D eigenvalue weighted by Gasteiger charge is -2.14. The summed E-state index contributed by atoms with van der Waals surface area (Å²) in [7, 11) is 3.09. The number of amides is 1. The summed E-state index contributed by atoms with van der Waals surface area (Å²) in [4.78, 5) is 30.8. The molecule has 4 rings (SSSR count). The van der Waals surface area contributed by atoms with E-state index in [1.165, 1.54) is 18.9 Å². The number of hydrogen-bond acceptors (Lipinski definition) is 7. The molecule has 4 aromatic rings. The van der Waals surface area contributed by atoms with E-state index in [1.807, 2.05) is 24.3 Å². The molecule has 8 nitrogen and oxygen atoms in total. The van der Waals surface area contributed by atoms with Gasteiger partial charge in [-0.25, -0.2) is 4.98 Å². The Morgan fingerprint density at radius 1 is 1.18 bits per heavy atom. The maximum atomic E-state index is 13.3. The monoisotopic (exact) mass is 481 g/mol. The highest BCUT2D eigenvalue weighted by Gasteiger charge is 2.19.